The Morgan fingerprint density at radius 3 is 2.19 bits per heavy atom. The number of hydrogen-bond acceptors (Lipinski definition) is 4. The summed E-state index contributed by atoms with van der Waals surface area (Å²) in [5, 5.41) is 0. The van der Waals surface area contributed by atoms with Gasteiger partial charge >= 0.3 is 5.97 Å². The van der Waals surface area contributed by atoms with E-state index in [0.717, 1.165) is 4.90 Å². The van der Waals surface area contributed by atoms with E-state index in [1.807, 2.05) is 0 Å². The summed E-state index contributed by atoms with van der Waals surface area (Å²) >= 11 is 0. The van der Waals surface area contributed by atoms with Crippen molar-refractivity contribution in [3.05, 3.63) is 0 Å². The van der Waals surface area contributed by atoms with Gasteiger partial charge in [-0.05, 0) is 6.92 Å². The van der Waals surface area contributed by atoms with Crippen LogP contribution in [0.5, 0.6) is 0 Å². The SMILES string of the molecule is CCOC(=O)CCN1C(=O)C(C)C(C)C1=O. The van der Waals surface area contributed by atoms with Gasteiger partial charge in [0.15, 0.2) is 0 Å². The number of esters is 1. The van der Waals surface area contributed by atoms with E-state index in [2.05, 4.69) is 0 Å². The third-order valence-corrected chi connectivity index (χ3v) is 2.91. The van der Waals surface area contributed by atoms with Crippen LogP contribution in [0.3, 0.4) is 0 Å². The molecule has 0 bridgehead atoms. The molecule has 2 unspecified atom stereocenters. The molecule has 1 fully saturated rings. The molecule has 90 valence electrons. The predicted octanol–water partition coefficient (Wildman–Crippen LogP) is 0.581. The number of amides is 2. The zero-order valence-corrected chi connectivity index (χ0v) is 9.86. The molecule has 1 aliphatic rings. The van der Waals surface area contributed by atoms with Crippen molar-refractivity contribution in [2.24, 2.45) is 11.8 Å². The number of hydrogen-bond donors (Lipinski definition) is 0. The molecule has 2 amide bonds. The monoisotopic (exact) mass is 227 g/mol. The molecular weight excluding hydrogens is 210 g/mol. The average molecular weight is 227 g/mol. The molecule has 0 aromatic carbocycles. The minimum atomic E-state index is -0.379. The van der Waals surface area contributed by atoms with Gasteiger partial charge in [-0.1, -0.05) is 13.8 Å². The zero-order chi connectivity index (χ0) is 12.3. The Kier molecular flexibility index (Phi) is 4.04. The number of carbonyl (C=O) groups is 3. The van der Waals surface area contributed by atoms with Crippen molar-refractivity contribution in [3.8, 4) is 0 Å². The minimum absolute atomic E-state index is 0.0742. The lowest BCUT2D eigenvalue weighted by molar-refractivity contribution is -0.145. The molecule has 1 saturated heterocycles. The van der Waals surface area contributed by atoms with Crippen molar-refractivity contribution < 1.29 is 19.1 Å². The Bertz CT molecular complexity index is 293. The first-order valence-electron chi connectivity index (χ1n) is 5.49. The fourth-order valence-corrected chi connectivity index (χ4v) is 1.68. The summed E-state index contributed by atoms with van der Waals surface area (Å²) in [4.78, 5) is 35.6. The molecule has 1 heterocycles. The molecule has 2 atom stereocenters. The normalized spacial score (nSPS) is 25.1. The maximum absolute atomic E-state index is 11.6. The molecule has 5 heteroatoms. The van der Waals surface area contributed by atoms with Crippen LogP contribution < -0.4 is 0 Å². The molecule has 0 radical (unpaired) electrons. The molecule has 0 N–H and O–H groups in total. The van der Waals surface area contributed by atoms with Crippen molar-refractivity contribution in [2.75, 3.05) is 13.2 Å². The lowest BCUT2D eigenvalue weighted by Crippen LogP contribution is -2.33. The summed E-state index contributed by atoms with van der Waals surface area (Å²) < 4.78 is 4.74. The van der Waals surface area contributed by atoms with Gasteiger partial charge in [0.1, 0.15) is 0 Å². The third-order valence-electron chi connectivity index (χ3n) is 2.91. The van der Waals surface area contributed by atoms with Crippen molar-refractivity contribution in [1.82, 2.24) is 4.90 Å². The van der Waals surface area contributed by atoms with E-state index in [0.29, 0.717) is 6.61 Å². The fourth-order valence-electron chi connectivity index (χ4n) is 1.68. The smallest absolute Gasteiger partial charge is 0.307 e. The number of likely N-dealkylation sites (tertiary alicyclic amines) is 1. The molecular formula is C11H17NO4. The molecule has 1 rings (SSSR count). The number of carbonyl (C=O) groups excluding carboxylic acids is 3. The molecule has 5 nitrogen and oxygen atoms in total. The third kappa shape index (κ3) is 2.40. The van der Waals surface area contributed by atoms with Gasteiger partial charge in [-0.15, -0.1) is 0 Å². The van der Waals surface area contributed by atoms with Crippen LogP contribution in [0.2, 0.25) is 0 Å². The van der Waals surface area contributed by atoms with E-state index in [1.54, 1.807) is 20.8 Å². The first-order valence-corrected chi connectivity index (χ1v) is 5.49. The summed E-state index contributed by atoms with van der Waals surface area (Å²) in [6, 6.07) is 0. The number of rotatable bonds is 4. The molecule has 16 heavy (non-hydrogen) atoms. The van der Waals surface area contributed by atoms with Gasteiger partial charge in [0.25, 0.3) is 0 Å². The second-order valence-electron chi connectivity index (χ2n) is 3.96. The topological polar surface area (TPSA) is 63.7 Å². The van der Waals surface area contributed by atoms with Crippen molar-refractivity contribution >= 4 is 17.8 Å². The van der Waals surface area contributed by atoms with Crippen molar-refractivity contribution in [2.45, 2.75) is 27.2 Å². The standard InChI is InChI=1S/C11H17NO4/c1-4-16-9(13)5-6-12-10(14)7(2)8(3)11(12)15/h7-8H,4-6H2,1-3H3. The van der Waals surface area contributed by atoms with E-state index in [9.17, 15) is 14.4 Å². The van der Waals surface area contributed by atoms with Crippen LogP contribution in [-0.2, 0) is 19.1 Å². The van der Waals surface area contributed by atoms with E-state index in [-0.39, 0.29) is 42.6 Å². The first-order chi connectivity index (χ1) is 7.49. The van der Waals surface area contributed by atoms with E-state index in [1.165, 1.54) is 0 Å². The highest BCUT2D eigenvalue weighted by molar-refractivity contribution is 6.04. The Balaban J connectivity index is 2.52. The Labute approximate surface area is 94.7 Å². The molecule has 0 saturated carbocycles. The number of imide groups is 1. The Morgan fingerprint density at radius 2 is 1.75 bits per heavy atom. The summed E-state index contributed by atoms with van der Waals surface area (Å²) in [5.41, 5.74) is 0. The van der Waals surface area contributed by atoms with Crippen LogP contribution in [0.1, 0.15) is 27.2 Å². The fraction of sp³-hybridized carbons (Fsp3) is 0.727. The van der Waals surface area contributed by atoms with Gasteiger partial charge in [-0.3, -0.25) is 19.3 Å². The van der Waals surface area contributed by atoms with Gasteiger partial charge in [-0.2, -0.15) is 0 Å². The molecule has 0 aromatic heterocycles. The van der Waals surface area contributed by atoms with Gasteiger partial charge in [-0.25, -0.2) is 0 Å². The maximum atomic E-state index is 11.6. The highest BCUT2D eigenvalue weighted by Crippen LogP contribution is 2.25. The van der Waals surface area contributed by atoms with Gasteiger partial charge in [0.05, 0.1) is 13.0 Å². The lowest BCUT2D eigenvalue weighted by atomic mass is 10.00. The largest absolute Gasteiger partial charge is 0.466 e. The number of ether oxygens (including phenoxy) is 1. The molecule has 0 aromatic rings. The summed E-state index contributed by atoms with van der Waals surface area (Å²) in [6.07, 6.45) is 0.0742. The Hall–Kier alpha value is -1.39. The molecule has 1 aliphatic heterocycles. The highest BCUT2D eigenvalue weighted by Gasteiger charge is 2.41. The second-order valence-corrected chi connectivity index (χ2v) is 3.96. The zero-order valence-electron chi connectivity index (χ0n) is 9.86. The van der Waals surface area contributed by atoms with Gasteiger partial charge < -0.3 is 4.74 Å². The predicted molar refractivity (Wildman–Crippen MR) is 56.3 cm³/mol. The first kappa shape index (κ1) is 12.7. The minimum Gasteiger partial charge on any atom is -0.466 e. The molecule has 0 spiro atoms. The van der Waals surface area contributed by atoms with Crippen LogP contribution in [0.15, 0.2) is 0 Å². The highest BCUT2D eigenvalue weighted by atomic mass is 16.5. The number of nitrogens with zero attached hydrogens (tertiary/aromatic N) is 1. The lowest BCUT2D eigenvalue weighted by Gasteiger charge is -2.13. The van der Waals surface area contributed by atoms with Crippen LogP contribution in [0.25, 0.3) is 0 Å². The summed E-state index contributed by atoms with van der Waals surface area (Å²) in [5.74, 6) is -1.33. The second kappa shape index (κ2) is 5.09. The van der Waals surface area contributed by atoms with Crippen molar-refractivity contribution in [1.29, 1.82) is 0 Å². The maximum Gasteiger partial charge on any atom is 0.307 e. The van der Waals surface area contributed by atoms with Gasteiger partial charge in [0, 0.05) is 18.4 Å². The molecule has 0 aliphatic carbocycles. The Morgan fingerprint density at radius 1 is 1.25 bits per heavy atom. The summed E-state index contributed by atoms with van der Waals surface area (Å²) in [6.45, 7) is 5.62. The van der Waals surface area contributed by atoms with Crippen LogP contribution in [-0.4, -0.2) is 35.8 Å². The van der Waals surface area contributed by atoms with Crippen LogP contribution in [0.4, 0.5) is 0 Å². The van der Waals surface area contributed by atoms with Crippen LogP contribution in [0, 0.1) is 11.8 Å². The van der Waals surface area contributed by atoms with E-state index >= 15 is 0 Å². The van der Waals surface area contributed by atoms with E-state index in [4.69, 9.17) is 4.74 Å². The van der Waals surface area contributed by atoms with E-state index < -0.39 is 0 Å². The van der Waals surface area contributed by atoms with Crippen LogP contribution >= 0.6 is 0 Å². The average Bonchev–Trinajstić information content (AvgIpc) is 2.42. The van der Waals surface area contributed by atoms with Gasteiger partial charge in [0.2, 0.25) is 11.8 Å². The summed E-state index contributed by atoms with van der Waals surface area (Å²) in [7, 11) is 0. The quantitative estimate of drug-likeness (QED) is 0.520. The van der Waals surface area contributed by atoms with Crippen molar-refractivity contribution in [3.63, 3.8) is 0 Å².